The van der Waals surface area contributed by atoms with Gasteiger partial charge in [-0.15, -0.1) is 0 Å². The van der Waals surface area contributed by atoms with Gasteiger partial charge < -0.3 is 0 Å². The molecule has 3 atom stereocenters. The lowest BCUT2D eigenvalue weighted by Crippen LogP contribution is -2.13. The number of hydrogen-bond donors (Lipinski definition) is 2. The molecule has 0 bridgehead atoms. The average molecular weight is 260 g/mol. The van der Waals surface area contributed by atoms with Gasteiger partial charge in [0.1, 0.15) is 0 Å². The van der Waals surface area contributed by atoms with Gasteiger partial charge in [0, 0.05) is 0 Å². The highest BCUT2D eigenvalue weighted by atomic mass is 32.3. The fourth-order valence-corrected chi connectivity index (χ4v) is 1.47. The molecule has 0 amide bonds. The Labute approximate surface area is 90.5 Å². The Morgan fingerprint density at radius 1 is 1.27 bits per heavy atom. The predicted octanol–water partition coefficient (Wildman–Crippen LogP) is 0.292. The fraction of sp³-hybridized carbons (Fsp3) is 0.667. The van der Waals surface area contributed by atoms with Gasteiger partial charge in [-0.1, -0.05) is 12.2 Å². The minimum atomic E-state index is -4.50. The third-order valence-electron chi connectivity index (χ3n) is 1.16. The van der Waals surface area contributed by atoms with E-state index in [9.17, 15) is 12.6 Å². The molecule has 15 heavy (non-hydrogen) atoms. The lowest BCUT2D eigenvalue weighted by Gasteiger charge is -2.06. The molecule has 0 aromatic carbocycles. The largest absolute Gasteiger partial charge is 0.397 e. The zero-order valence-electron chi connectivity index (χ0n) is 8.06. The van der Waals surface area contributed by atoms with Crippen molar-refractivity contribution in [2.24, 2.45) is 0 Å². The number of rotatable bonds is 6. The summed E-state index contributed by atoms with van der Waals surface area (Å²) in [5, 5.41) is 0. The molecule has 0 aromatic heterocycles. The molecule has 0 saturated carbocycles. The van der Waals surface area contributed by atoms with Crippen LogP contribution in [0.1, 0.15) is 13.8 Å². The second kappa shape index (κ2) is 6.30. The molecule has 0 radical (unpaired) electrons. The van der Waals surface area contributed by atoms with E-state index in [4.69, 9.17) is 9.11 Å². The molecular weight excluding hydrogens is 248 g/mol. The lowest BCUT2D eigenvalue weighted by atomic mass is 10.3. The lowest BCUT2D eigenvalue weighted by molar-refractivity contribution is 0.229. The molecule has 2 N–H and O–H groups in total. The van der Waals surface area contributed by atoms with Gasteiger partial charge >= 0.3 is 21.8 Å². The fourth-order valence-electron chi connectivity index (χ4n) is 0.699. The molecule has 3 unspecified atom stereocenters. The summed E-state index contributed by atoms with van der Waals surface area (Å²) in [6, 6.07) is 0. The van der Waals surface area contributed by atoms with Crippen molar-refractivity contribution in [1.82, 2.24) is 0 Å². The maximum absolute atomic E-state index is 10.2. The molecule has 0 aliphatic carbocycles. The van der Waals surface area contributed by atoms with E-state index in [1.807, 2.05) is 0 Å². The first kappa shape index (κ1) is 14.7. The molecule has 0 aromatic rings. The normalized spacial score (nSPS) is 18.9. The highest BCUT2D eigenvalue weighted by Gasteiger charge is 2.09. The topological polar surface area (TPSA) is 110 Å². The van der Waals surface area contributed by atoms with E-state index in [0.29, 0.717) is 0 Å². The molecule has 0 aliphatic heterocycles. The van der Waals surface area contributed by atoms with Crippen molar-refractivity contribution in [2.45, 2.75) is 26.1 Å². The van der Waals surface area contributed by atoms with Crippen molar-refractivity contribution in [3.63, 3.8) is 0 Å². The van der Waals surface area contributed by atoms with Crippen LogP contribution < -0.4 is 0 Å². The highest BCUT2D eigenvalue weighted by Crippen LogP contribution is 2.01. The van der Waals surface area contributed by atoms with Crippen LogP contribution in [-0.4, -0.2) is 33.9 Å². The minimum Gasteiger partial charge on any atom is -0.284 e. The Morgan fingerprint density at radius 2 is 1.73 bits per heavy atom. The SMILES string of the molecule is CC(/C=C/C(C)OS(=O)(=O)O)OS(=O)O. The first-order chi connectivity index (χ1) is 6.70. The van der Waals surface area contributed by atoms with Crippen LogP contribution in [0.15, 0.2) is 12.2 Å². The van der Waals surface area contributed by atoms with Crippen LogP contribution in [0.2, 0.25) is 0 Å². The highest BCUT2D eigenvalue weighted by molar-refractivity contribution is 7.80. The monoisotopic (exact) mass is 260 g/mol. The summed E-state index contributed by atoms with van der Waals surface area (Å²) >= 11 is -2.39. The van der Waals surface area contributed by atoms with E-state index in [-0.39, 0.29) is 0 Å². The van der Waals surface area contributed by atoms with E-state index in [2.05, 4.69) is 8.37 Å². The first-order valence-electron chi connectivity index (χ1n) is 3.82. The van der Waals surface area contributed by atoms with Crippen LogP contribution in [0.5, 0.6) is 0 Å². The third-order valence-corrected chi connectivity index (χ3v) is 2.18. The van der Waals surface area contributed by atoms with Crippen molar-refractivity contribution in [2.75, 3.05) is 0 Å². The van der Waals surface area contributed by atoms with Crippen molar-refractivity contribution >= 4 is 21.8 Å². The van der Waals surface area contributed by atoms with Crippen molar-refractivity contribution in [3.8, 4) is 0 Å². The van der Waals surface area contributed by atoms with Gasteiger partial charge in [-0.3, -0.25) is 13.3 Å². The van der Waals surface area contributed by atoms with Gasteiger partial charge in [-0.05, 0) is 13.8 Å². The molecule has 0 heterocycles. The third kappa shape index (κ3) is 9.97. The Kier molecular flexibility index (Phi) is 6.17. The van der Waals surface area contributed by atoms with Crippen LogP contribution in [0, 0.1) is 0 Å². The summed E-state index contributed by atoms with van der Waals surface area (Å²) < 4.78 is 55.8. The quantitative estimate of drug-likeness (QED) is 0.401. The van der Waals surface area contributed by atoms with Crippen LogP contribution in [-0.2, 0) is 30.1 Å². The van der Waals surface area contributed by atoms with Crippen LogP contribution >= 0.6 is 0 Å². The van der Waals surface area contributed by atoms with Gasteiger partial charge in [-0.25, -0.2) is 4.18 Å². The van der Waals surface area contributed by atoms with E-state index in [1.54, 1.807) is 0 Å². The first-order valence-corrected chi connectivity index (χ1v) is 6.22. The molecular formula is C6H12O7S2. The average Bonchev–Trinajstić information content (AvgIpc) is 1.96. The maximum Gasteiger partial charge on any atom is 0.397 e. The summed E-state index contributed by atoms with van der Waals surface area (Å²) in [7, 11) is -4.50. The molecule has 0 rings (SSSR count). The summed E-state index contributed by atoms with van der Waals surface area (Å²) in [4.78, 5) is 0. The van der Waals surface area contributed by atoms with Crippen molar-refractivity contribution < 1.29 is 30.1 Å². The number of hydrogen-bond acceptors (Lipinski definition) is 5. The van der Waals surface area contributed by atoms with Crippen LogP contribution in [0.3, 0.4) is 0 Å². The van der Waals surface area contributed by atoms with E-state index in [1.165, 1.54) is 26.0 Å². The molecule has 0 aliphatic rings. The predicted molar refractivity (Wildman–Crippen MR) is 52.6 cm³/mol. The Morgan fingerprint density at radius 3 is 2.13 bits per heavy atom. The second-order valence-corrected chi connectivity index (χ2v) is 4.31. The zero-order chi connectivity index (χ0) is 12.1. The van der Waals surface area contributed by atoms with Crippen LogP contribution in [0.25, 0.3) is 0 Å². The maximum atomic E-state index is 10.2. The van der Waals surface area contributed by atoms with Gasteiger partial charge in [-0.2, -0.15) is 12.6 Å². The van der Waals surface area contributed by atoms with Crippen LogP contribution in [0.4, 0.5) is 0 Å². The molecule has 0 fully saturated rings. The van der Waals surface area contributed by atoms with Gasteiger partial charge in [0.15, 0.2) is 0 Å². The Balaban J connectivity index is 4.11. The summed E-state index contributed by atoms with van der Waals surface area (Å²) in [5.74, 6) is 0. The van der Waals surface area contributed by atoms with E-state index < -0.39 is 34.0 Å². The summed E-state index contributed by atoms with van der Waals surface area (Å²) in [5.41, 5.74) is 0. The molecule has 0 saturated heterocycles. The standard InChI is InChI=1S/C6H12O7S2/c1-5(12-14(7)8)3-4-6(2)13-15(9,10)11/h3-6H,1-2H3,(H,7,8)(H,9,10,11)/b4-3+. The van der Waals surface area contributed by atoms with Gasteiger partial charge in [0.2, 0.25) is 0 Å². The van der Waals surface area contributed by atoms with E-state index >= 15 is 0 Å². The molecule has 9 heteroatoms. The Bertz CT molecular complexity index is 333. The molecule has 0 spiro atoms. The van der Waals surface area contributed by atoms with Gasteiger partial charge in [0.05, 0.1) is 12.2 Å². The smallest absolute Gasteiger partial charge is 0.284 e. The molecule has 90 valence electrons. The minimum absolute atomic E-state index is 0.678. The van der Waals surface area contributed by atoms with Crippen molar-refractivity contribution in [1.29, 1.82) is 0 Å². The molecule has 7 nitrogen and oxygen atoms in total. The zero-order valence-corrected chi connectivity index (χ0v) is 9.69. The summed E-state index contributed by atoms with van der Waals surface area (Å²) in [6.07, 6.45) is 1.02. The second-order valence-electron chi connectivity index (χ2n) is 2.63. The summed E-state index contributed by atoms with van der Waals surface area (Å²) in [6.45, 7) is 2.84. The van der Waals surface area contributed by atoms with E-state index in [0.717, 1.165) is 0 Å². The van der Waals surface area contributed by atoms with Gasteiger partial charge in [0.25, 0.3) is 0 Å². The van der Waals surface area contributed by atoms with Crippen molar-refractivity contribution in [3.05, 3.63) is 12.2 Å². The Hall–Kier alpha value is -0.320.